The summed E-state index contributed by atoms with van der Waals surface area (Å²) in [5.41, 5.74) is 0.918. The number of rotatable bonds is 3. The van der Waals surface area contributed by atoms with Crippen molar-refractivity contribution in [1.29, 1.82) is 0 Å². The van der Waals surface area contributed by atoms with Gasteiger partial charge in [0.1, 0.15) is 5.75 Å². The van der Waals surface area contributed by atoms with Crippen molar-refractivity contribution >= 4 is 11.8 Å². The summed E-state index contributed by atoms with van der Waals surface area (Å²) in [4.78, 5) is 1.10. The summed E-state index contributed by atoms with van der Waals surface area (Å²) < 4.78 is 5.04. The van der Waals surface area contributed by atoms with E-state index in [1.165, 1.54) is 0 Å². The number of benzene rings is 1. The standard InChI is InChI=1S/C9H12O2S/c1-11-8-3-4-9(12-2)7(5-8)6-10/h3-5,10H,6H2,1-2H3. The minimum atomic E-state index is 0.0629. The normalized spacial score (nSPS) is 9.92. The number of thioether (sulfide) groups is 1. The van der Waals surface area contributed by atoms with E-state index < -0.39 is 0 Å². The minimum Gasteiger partial charge on any atom is -0.497 e. The van der Waals surface area contributed by atoms with Crippen molar-refractivity contribution in [2.45, 2.75) is 11.5 Å². The molecule has 0 aliphatic rings. The van der Waals surface area contributed by atoms with E-state index >= 15 is 0 Å². The zero-order valence-corrected chi connectivity index (χ0v) is 8.02. The first kappa shape index (κ1) is 9.42. The van der Waals surface area contributed by atoms with Gasteiger partial charge in [0, 0.05) is 4.90 Å². The van der Waals surface area contributed by atoms with Gasteiger partial charge in [-0.3, -0.25) is 0 Å². The third kappa shape index (κ3) is 1.93. The van der Waals surface area contributed by atoms with E-state index in [1.807, 2.05) is 24.5 Å². The fourth-order valence-electron chi connectivity index (χ4n) is 1.01. The van der Waals surface area contributed by atoms with Gasteiger partial charge < -0.3 is 9.84 Å². The molecule has 0 aliphatic heterocycles. The largest absolute Gasteiger partial charge is 0.497 e. The molecule has 0 atom stereocenters. The molecule has 0 radical (unpaired) electrons. The van der Waals surface area contributed by atoms with Crippen molar-refractivity contribution < 1.29 is 9.84 Å². The molecule has 0 saturated heterocycles. The lowest BCUT2D eigenvalue weighted by Gasteiger charge is -2.06. The van der Waals surface area contributed by atoms with Crippen LogP contribution in [-0.4, -0.2) is 18.5 Å². The van der Waals surface area contributed by atoms with Crippen molar-refractivity contribution in [2.24, 2.45) is 0 Å². The average molecular weight is 184 g/mol. The van der Waals surface area contributed by atoms with Gasteiger partial charge in [-0.25, -0.2) is 0 Å². The molecule has 0 unspecified atom stereocenters. The number of aliphatic hydroxyl groups is 1. The first-order chi connectivity index (χ1) is 5.81. The molecule has 1 N–H and O–H groups in total. The van der Waals surface area contributed by atoms with E-state index in [2.05, 4.69) is 0 Å². The van der Waals surface area contributed by atoms with Gasteiger partial charge in [0.05, 0.1) is 13.7 Å². The van der Waals surface area contributed by atoms with E-state index in [0.717, 1.165) is 16.2 Å². The zero-order chi connectivity index (χ0) is 8.97. The summed E-state index contributed by atoms with van der Waals surface area (Å²) in [5, 5.41) is 9.00. The summed E-state index contributed by atoms with van der Waals surface area (Å²) >= 11 is 1.62. The Bertz CT molecular complexity index is 261. The van der Waals surface area contributed by atoms with Crippen molar-refractivity contribution in [2.75, 3.05) is 13.4 Å². The van der Waals surface area contributed by atoms with Crippen LogP contribution in [0.4, 0.5) is 0 Å². The SMILES string of the molecule is COc1ccc(SC)c(CO)c1. The summed E-state index contributed by atoms with van der Waals surface area (Å²) in [6.07, 6.45) is 1.99. The summed E-state index contributed by atoms with van der Waals surface area (Å²) in [5.74, 6) is 0.789. The van der Waals surface area contributed by atoms with Gasteiger partial charge in [-0.2, -0.15) is 0 Å². The predicted octanol–water partition coefficient (Wildman–Crippen LogP) is 1.91. The molecule has 2 nitrogen and oxygen atoms in total. The van der Waals surface area contributed by atoms with Gasteiger partial charge in [0.25, 0.3) is 0 Å². The average Bonchev–Trinajstić information content (AvgIpc) is 2.16. The molecular formula is C9H12O2S. The summed E-state index contributed by atoms with van der Waals surface area (Å²) in [6, 6.07) is 5.70. The van der Waals surface area contributed by atoms with E-state index in [9.17, 15) is 0 Å². The molecule has 0 amide bonds. The second-order valence-electron chi connectivity index (χ2n) is 2.34. The lowest BCUT2D eigenvalue weighted by atomic mass is 10.2. The van der Waals surface area contributed by atoms with E-state index in [1.54, 1.807) is 18.9 Å². The van der Waals surface area contributed by atoms with Crippen LogP contribution in [0.25, 0.3) is 0 Å². The molecule has 0 spiro atoms. The van der Waals surface area contributed by atoms with Crippen LogP contribution in [-0.2, 0) is 6.61 Å². The Balaban J connectivity index is 3.02. The van der Waals surface area contributed by atoms with E-state index in [4.69, 9.17) is 9.84 Å². The van der Waals surface area contributed by atoms with Crippen molar-refractivity contribution in [1.82, 2.24) is 0 Å². The second-order valence-corrected chi connectivity index (χ2v) is 3.18. The summed E-state index contributed by atoms with van der Waals surface area (Å²) in [6.45, 7) is 0.0629. The quantitative estimate of drug-likeness (QED) is 0.728. The molecule has 3 heteroatoms. The smallest absolute Gasteiger partial charge is 0.119 e. The molecule has 0 bridgehead atoms. The van der Waals surface area contributed by atoms with Gasteiger partial charge in [0.2, 0.25) is 0 Å². The predicted molar refractivity (Wildman–Crippen MR) is 50.7 cm³/mol. The zero-order valence-electron chi connectivity index (χ0n) is 7.20. The Hall–Kier alpha value is -0.670. The maximum atomic E-state index is 9.00. The molecular weight excluding hydrogens is 172 g/mol. The Morgan fingerprint density at radius 2 is 2.25 bits per heavy atom. The molecule has 0 fully saturated rings. The highest BCUT2D eigenvalue weighted by molar-refractivity contribution is 7.98. The van der Waals surface area contributed by atoms with Crippen LogP contribution in [0.2, 0.25) is 0 Å². The Kier molecular flexibility index (Phi) is 3.44. The Morgan fingerprint density at radius 3 is 2.75 bits per heavy atom. The Labute approximate surface area is 76.6 Å². The van der Waals surface area contributed by atoms with Crippen LogP contribution in [0.15, 0.2) is 23.1 Å². The lowest BCUT2D eigenvalue weighted by molar-refractivity contribution is 0.278. The lowest BCUT2D eigenvalue weighted by Crippen LogP contribution is -1.89. The molecule has 12 heavy (non-hydrogen) atoms. The van der Waals surface area contributed by atoms with E-state index in [0.29, 0.717) is 0 Å². The Morgan fingerprint density at radius 1 is 1.50 bits per heavy atom. The van der Waals surface area contributed by atoms with Gasteiger partial charge >= 0.3 is 0 Å². The van der Waals surface area contributed by atoms with Crippen LogP contribution >= 0.6 is 11.8 Å². The van der Waals surface area contributed by atoms with Crippen LogP contribution in [0.5, 0.6) is 5.75 Å². The number of methoxy groups -OCH3 is 1. The number of hydrogen-bond acceptors (Lipinski definition) is 3. The van der Waals surface area contributed by atoms with Crippen LogP contribution in [0.1, 0.15) is 5.56 Å². The molecule has 0 saturated carbocycles. The van der Waals surface area contributed by atoms with Crippen molar-refractivity contribution in [3.8, 4) is 5.75 Å². The maximum absolute atomic E-state index is 9.00. The molecule has 1 aromatic rings. The minimum absolute atomic E-state index is 0.0629. The number of ether oxygens (including phenoxy) is 1. The summed E-state index contributed by atoms with van der Waals surface area (Å²) in [7, 11) is 1.62. The van der Waals surface area contributed by atoms with E-state index in [-0.39, 0.29) is 6.61 Å². The van der Waals surface area contributed by atoms with Crippen LogP contribution < -0.4 is 4.74 Å². The fourth-order valence-corrected chi connectivity index (χ4v) is 1.60. The van der Waals surface area contributed by atoms with Crippen LogP contribution in [0.3, 0.4) is 0 Å². The van der Waals surface area contributed by atoms with Crippen LogP contribution in [0, 0.1) is 0 Å². The molecule has 0 aliphatic carbocycles. The monoisotopic (exact) mass is 184 g/mol. The first-order valence-corrected chi connectivity index (χ1v) is 4.86. The number of aliphatic hydroxyl groups excluding tert-OH is 1. The molecule has 1 aromatic carbocycles. The first-order valence-electron chi connectivity index (χ1n) is 3.63. The molecule has 66 valence electrons. The highest BCUT2D eigenvalue weighted by Crippen LogP contribution is 2.24. The topological polar surface area (TPSA) is 29.5 Å². The van der Waals surface area contributed by atoms with Crippen molar-refractivity contribution in [3.05, 3.63) is 23.8 Å². The van der Waals surface area contributed by atoms with Gasteiger partial charge in [-0.05, 0) is 30.0 Å². The molecule has 0 heterocycles. The molecule has 0 aromatic heterocycles. The van der Waals surface area contributed by atoms with Crippen molar-refractivity contribution in [3.63, 3.8) is 0 Å². The fraction of sp³-hybridized carbons (Fsp3) is 0.333. The second kappa shape index (κ2) is 4.38. The third-order valence-corrected chi connectivity index (χ3v) is 2.50. The van der Waals surface area contributed by atoms with Gasteiger partial charge in [0.15, 0.2) is 0 Å². The van der Waals surface area contributed by atoms with Gasteiger partial charge in [-0.15, -0.1) is 11.8 Å². The van der Waals surface area contributed by atoms with Gasteiger partial charge in [-0.1, -0.05) is 0 Å². The maximum Gasteiger partial charge on any atom is 0.119 e. The third-order valence-electron chi connectivity index (χ3n) is 1.66. The number of hydrogen-bond donors (Lipinski definition) is 1. The highest BCUT2D eigenvalue weighted by atomic mass is 32.2. The highest BCUT2D eigenvalue weighted by Gasteiger charge is 2.01. The molecule has 1 rings (SSSR count).